The molecular weight excluding hydrogens is 410 g/mol. The van der Waals surface area contributed by atoms with Gasteiger partial charge in [-0.3, -0.25) is 4.79 Å². The van der Waals surface area contributed by atoms with Crippen molar-refractivity contribution in [3.63, 3.8) is 0 Å². The number of carbonyl (C=O) groups is 2. The Morgan fingerprint density at radius 2 is 1.65 bits per heavy atom. The third kappa shape index (κ3) is 5.01. The van der Waals surface area contributed by atoms with Gasteiger partial charge in [0.15, 0.2) is 0 Å². The molecule has 2 aromatic carbocycles. The fourth-order valence-corrected chi connectivity index (χ4v) is 3.22. The molecule has 1 heterocycles. The average Bonchev–Trinajstić information content (AvgIpc) is 2.74. The predicted molar refractivity (Wildman–Crippen MR) is 108 cm³/mol. The molecule has 166 valence electrons. The highest BCUT2D eigenvalue weighted by molar-refractivity contribution is 6.01. The van der Waals surface area contributed by atoms with Crippen molar-refractivity contribution in [3.8, 4) is 16.9 Å². The Morgan fingerprint density at radius 1 is 1.00 bits per heavy atom. The molecular formula is C21H23NO9. The first-order chi connectivity index (χ1) is 14.7. The largest absolute Gasteiger partial charge is 0.478 e. The zero-order valence-corrected chi connectivity index (χ0v) is 16.5. The van der Waals surface area contributed by atoms with Crippen LogP contribution in [0.2, 0.25) is 0 Å². The van der Waals surface area contributed by atoms with Crippen molar-refractivity contribution in [3.05, 3.63) is 48.0 Å². The smallest absolute Gasteiger partial charge is 0.337 e. The number of nitrogens with one attached hydrogen (secondary N) is 1. The summed E-state index contributed by atoms with van der Waals surface area (Å²) in [5, 5.41) is 50.9. The van der Waals surface area contributed by atoms with Gasteiger partial charge in [-0.1, -0.05) is 18.2 Å². The molecule has 0 bridgehead atoms. The molecule has 0 saturated carbocycles. The minimum atomic E-state index is -1.55. The van der Waals surface area contributed by atoms with E-state index in [-0.39, 0.29) is 22.9 Å². The summed E-state index contributed by atoms with van der Waals surface area (Å²) in [5.41, 5.74) is 1.38. The number of ether oxygens (including phenoxy) is 2. The molecule has 10 heteroatoms. The number of benzene rings is 2. The zero-order valence-electron chi connectivity index (χ0n) is 16.5. The van der Waals surface area contributed by atoms with Crippen LogP contribution in [0.25, 0.3) is 11.1 Å². The summed E-state index contributed by atoms with van der Waals surface area (Å²) in [6.07, 6.45) is -6.95. The maximum Gasteiger partial charge on any atom is 0.337 e. The van der Waals surface area contributed by atoms with Crippen LogP contribution >= 0.6 is 0 Å². The van der Waals surface area contributed by atoms with E-state index in [1.54, 1.807) is 30.3 Å². The number of hydrogen-bond donors (Lipinski definition) is 6. The normalized spacial score (nSPS) is 25.6. The second-order valence-electron chi connectivity index (χ2n) is 7.09. The van der Waals surface area contributed by atoms with E-state index in [1.807, 2.05) is 0 Å². The van der Waals surface area contributed by atoms with Crippen molar-refractivity contribution < 1.29 is 44.6 Å². The van der Waals surface area contributed by atoms with E-state index >= 15 is 0 Å². The van der Waals surface area contributed by atoms with Gasteiger partial charge in [0.1, 0.15) is 30.2 Å². The molecule has 0 aliphatic carbocycles. The molecule has 2 aromatic rings. The monoisotopic (exact) mass is 433 g/mol. The van der Waals surface area contributed by atoms with Crippen molar-refractivity contribution >= 4 is 17.6 Å². The van der Waals surface area contributed by atoms with Gasteiger partial charge in [-0.2, -0.15) is 0 Å². The third-order valence-electron chi connectivity index (χ3n) is 4.85. The molecule has 31 heavy (non-hydrogen) atoms. The van der Waals surface area contributed by atoms with Gasteiger partial charge >= 0.3 is 5.97 Å². The second kappa shape index (κ2) is 9.41. The summed E-state index contributed by atoms with van der Waals surface area (Å²) in [4.78, 5) is 22.8. The maximum absolute atomic E-state index is 11.5. The first-order valence-electron chi connectivity index (χ1n) is 9.43. The number of hydrogen-bond acceptors (Lipinski definition) is 8. The molecule has 1 fully saturated rings. The molecule has 5 unspecified atom stereocenters. The fraction of sp³-hybridized carbons (Fsp3) is 0.333. The van der Waals surface area contributed by atoms with E-state index in [2.05, 4.69) is 5.32 Å². The molecule has 0 spiro atoms. The van der Waals surface area contributed by atoms with Gasteiger partial charge in [0.05, 0.1) is 17.9 Å². The van der Waals surface area contributed by atoms with Gasteiger partial charge in [0.25, 0.3) is 0 Å². The van der Waals surface area contributed by atoms with Crippen LogP contribution in [0.4, 0.5) is 5.69 Å². The Kier molecular flexibility index (Phi) is 6.88. The van der Waals surface area contributed by atoms with Gasteiger partial charge in [0, 0.05) is 6.92 Å². The van der Waals surface area contributed by atoms with Crippen LogP contribution in [0, 0.1) is 0 Å². The molecule has 0 radical (unpaired) electrons. The van der Waals surface area contributed by atoms with Crippen LogP contribution in [-0.2, 0) is 9.53 Å². The zero-order chi connectivity index (χ0) is 22.7. The molecule has 1 saturated heterocycles. The Bertz CT molecular complexity index is 944. The van der Waals surface area contributed by atoms with Crippen LogP contribution < -0.4 is 10.1 Å². The second-order valence-corrected chi connectivity index (χ2v) is 7.09. The maximum atomic E-state index is 11.5. The highest BCUT2D eigenvalue weighted by Gasteiger charge is 2.44. The number of aromatic carboxylic acids is 1. The van der Waals surface area contributed by atoms with Gasteiger partial charge in [-0.05, 0) is 35.4 Å². The molecule has 10 nitrogen and oxygen atoms in total. The lowest BCUT2D eigenvalue weighted by molar-refractivity contribution is -0.277. The van der Waals surface area contributed by atoms with E-state index in [4.69, 9.17) is 9.47 Å². The molecule has 1 aliphatic heterocycles. The van der Waals surface area contributed by atoms with Crippen molar-refractivity contribution in [2.45, 2.75) is 37.6 Å². The van der Waals surface area contributed by atoms with E-state index < -0.39 is 43.3 Å². The standard InChI is InChI=1S/C21H23NO9/c1-10(24)22-15-7-4-12(8-14(15)20(28)29)11-2-5-13(6-3-11)30-21-19(27)18(26)17(25)16(9-23)31-21/h2-8,16-19,21,23,25-27H,9H2,1H3,(H,22,24)(H,28,29). The van der Waals surface area contributed by atoms with Gasteiger partial charge in [-0.15, -0.1) is 0 Å². The minimum Gasteiger partial charge on any atom is -0.478 e. The van der Waals surface area contributed by atoms with Crippen LogP contribution in [-0.4, -0.2) is 74.7 Å². The number of anilines is 1. The SMILES string of the molecule is CC(=O)Nc1ccc(-c2ccc(OC3OC(CO)C(O)C(O)C3O)cc2)cc1C(=O)O. The highest BCUT2D eigenvalue weighted by Crippen LogP contribution is 2.29. The number of aliphatic hydroxyl groups excluding tert-OH is 4. The molecule has 3 rings (SSSR count). The Labute approximate surface area is 177 Å². The Hall–Kier alpha value is -3.02. The molecule has 5 atom stereocenters. The topological polar surface area (TPSA) is 166 Å². The van der Waals surface area contributed by atoms with Crippen molar-refractivity contribution in [2.75, 3.05) is 11.9 Å². The van der Waals surface area contributed by atoms with Crippen LogP contribution in [0.15, 0.2) is 42.5 Å². The number of carbonyl (C=O) groups excluding carboxylic acids is 1. The van der Waals surface area contributed by atoms with Gasteiger partial charge in [-0.25, -0.2) is 4.79 Å². The van der Waals surface area contributed by atoms with Crippen LogP contribution in [0.1, 0.15) is 17.3 Å². The quantitative estimate of drug-likeness (QED) is 0.373. The van der Waals surface area contributed by atoms with E-state index in [9.17, 15) is 35.1 Å². The van der Waals surface area contributed by atoms with Gasteiger partial charge in [0.2, 0.25) is 12.2 Å². The number of carboxylic acid groups (broad SMARTS) is 1. The van der Waals surface area contributed by atoms with Gasteiger partial charge < -0.3 is 40.3 Å². The first-order valence-corrected chi connectivity index (χ1v) is 9.43. The summed E-state index contributed by atoms with van der Waals surface area (Å²) in [5.74, 6) is -1.29. The molecule has 1 aliphatic rings. The summed E-state index contributed by atoms with van der Waals surface area (Å²) >= 11 is 0. The summed E-state index contributed by atoms with van der Waals surface area (Å²) in [7, 11) is 0. The van der Waals surface area contributed by atoms with Crippen molar-refractivity contribution in [2.24, 2.45) is 0 Å². The number of rotatable bonds is 6. The molecule has 1 amide bonds. The number of carboxylic acids is 1. The lowest BCUT2D eigenvalue weighted by Gasteiger charge is -2.39. The van der Waals surface area contributed by atoms with E-state index in [0.717, 1.165) is 0 Å². The van der Waals surface area contributed by atoms with E-state index in [1.165, 1.54) is 19.1 Å². The Morgan fingerprint density at radius 3 is 2.23 bits per heavy atom. The lowest BCUT2D eigenvalue weighted by atomic mass is 9.99. The van der Waals surface area contributed by atoms with E-state index in [0.29, 0.717) is 11.1 Å². The molecule has 6 N–H and O–H groups in total. The lowest BCUT2D eigenvalue weighted by Crippen LogP contribution is -2.60. The van der Waals surface area contributed by atoms with Crippen LogP contribution in [0.5, 0.6) is 5.75 Å². The van der Waals surface area contributed by atoms with Crippen molar-refractivity contribution in [1.29, 1.82) is 0 Å². The minimum absolute atomic E-state index is 0.0608. The van der Waals surface area contributed by atoms with Crippen molar-refractivity contribution in [1.82, 2.24) is 0 Å². The third-order valence-corrected chi connectivity index (χ3v) is 4.85. The summed E-state index contributed by atoms with van der Waals surface area (Å²) in [6.45, 7) is 0.720. The number of amides is 1. The fourth-order valence-electron chi connectivity index (χ4n) is 3.22. The summed E-state index contributed by atoms with van der Waals surface area (Å²) < 4.78 is 10.8. The predicted octanol–water partition coefficient (Wildman–Crippen LogP) is 0.189. The number of aliphatic hydroxyl groups is 4. The average molecular weight is 433 g/mol. The molecule has 0 aromatic heterocycles. The Balaban J connectivity index is 1.78. The summed E-state index contributed by atoms with van der Waals surface area (Å²) in [6, 6.07) is 11.0. The van der Waals surface area contributed by atoms with Crippen LogP contribution in [0.3, 0.4) is 0 Å². The first kappa shape index (κ1) is 22.7. The highest BCUT2D eigenvalue weighted by atomic mass is 16.7.